The van der Waals surface area contributed by atoms with Gasteiger partial charge in [-0.2, -0.15) is 0 Å². The number of thiol groups is 1. The maximum Gasteiger partial charge on any atom is 0.257 e. The standard InChI is InChI=1S/C7H17NO6S/c1-5(14-15(12)13)6(8)7(2-9,3-10)4-11/h5-6,9-11,15H,2-4,8H2,1H3. The minimum absolute atomic E-state index is 0.565. The van der Waals surface area contributed by atoms with Gasteiger partial charge in [0.05, 0.1) is 31.3 Å². The number of aliphatic hydroxyl groups is 3. The Balaban J connectivity index is 4.69. The molecule has 15 heavy (non-hydrogen) atoms. The molecule has 7 nitrogen and oxygen atoms in total. The Morgan fingerprint density at radius 1 is 1.27 bits per heavy atom. The van der Waals surface area contributed by atoms with Crippen molar-refractivity contribution in [1.29, 1.82) is 0 Å². The zero-order valence-electron chi connectivity index (χ0n) is 8.37. The average molecular weight is 243 g/mol. The van der Waals surface area contributed by atoms with Gasteiger partial charge in [0.15, 0.2) is 0 Å². The Morgan fingerprint density at radius 2 is 1.67 bits per heavy atom. The largest absolute Gasteiger partial charge is 0.396 e. The molecular formula is C7H17NO6S. The molecule has 2 atom stereocenters. The monoisotopic (exact) mass is 243 g/mol. The van der Waals surface area contributed by atoms with Gasteiger partial charge in [0.2, 0.25) is 0 Å². The Kier molecular flexibility index (Phi) is 6.25. The topological polar surface area (TPSA) is 130 Å². The van der Waals surface area contributed by atoms with Gasteiger partial charge in [-0.25, -0.2) is 8.42 Å². The molecule has 0 spiro atoms. The lowest BCUT2D eigenvalue weighted by Crippen LogP contribution is -2.55. The van der Waals surface area contributed by atoms with Crippen molar-refractivity contribution >= 4 is 11.0 Å². The number of nitrogens with two attached hydrogens (primary N) is 1. The molecule has 0 amide bonds. The third-order valence-electron chi connectivity index (χ3n) is 2.41. The summed E-state index contributed by atoms with van der Waals surface area (Å²) >= 11 is 0. The summed E-state index contributed by atoms with van der Waals surface area (Å²) in [5, 5.41) is 27.1. The van der Waals surface area contributed by atoms with E-state index in [0.717, 1.165) is 0 Å². The van der Waals surface area contributed by atoms with E-state index in [0.29, 0.717) is 0 Å². The molecule has 0 heterocycles. The van der Waals surface area contributed by atoms with E-state index in [1.54, 1.807) is 0 Å². The summed E-state index contributed by atoms with van der Waals surface area (Å²) in [4.78, 5) is 0. The molecule has 0 aliphatic carbocycles. The van der Waals surface area contributed by atoms with Crippen LogP contribution in [0, 0.1) is 5.41 Å². The van der Waals surface area contributed by atoms with Crippen LogP contribution >= 0.6 is 0 Å². The van der Waals surface area contributed by atoms with Gasteiger partial charge in [-0.15, -0.1) is 0 Å². The zero-order valence-corrected chi connectivity index (χ0v) is 9.26. The third-order valence-corrected chi connectivity index (χ3v) is 2.91. The highest BCUT2D eigenvalue weighted by Gasteiger charge is 2.39. The molecule has 0 aromatic rings. The predicted octanol–water partition coefficient (Wildman–Crippen LogP) is -2.79. The minimum Gasteiger partial charge on any atom is -0.396 e. The van der Waals surface area contributed by atoms with Crippen LogP contribution < -0.4 is 5.73 Å². The van der Waals surface area contributed by atoms with E-state index in [1.165, 1.54) is 6.92 Å². The van der Waals surface area contributed by atoms with E-state index < -0.39 is 48.4 Å². The van der Waals surface area contributed by atoms with Gasteiger partial charge in [0, 0.05) is 6.04 Å². The molecule has 0 aromatic heterocycles. The van der Waals surface area contributed by atoms with Crippen molar-refractivity contribution in [3.8, 4) is 0 Å². The highest BCUT2D eigenvalue weighted by atomic mass is 32.2. The first-order valence-electron chi connectivity index (χ1n) is 4.33. The lowest BCUT2D eigenvalue weighted by atomic mass is 9.80. The van der Waals surface area contributed by atoms with E-state index in [2.05, 4.69) is 4.18 Å². The zero-order chi connectivity index (χ0) is 12.1. The lowest BCUT2D eigenvalue weighted by molar-refractivity contribution is -0.0368. The summed E-state index contributed by atoms with van der Waals surface area (Å²) in [6, 6.07) is -0.995. The van der Waals surface area contributed by atoms with Crippen molar-refractivity contribution in [3.05, 3.63) is 0 Å². The molecule has 0 fully saturated rings. The van der Waals surface area contributed by atoms with Gasteiger partial charge in [0.25, 0.3) is 11.0 Å². The summed E-state index contributed by atoms with van der Waals surface area (Å²) in [6.07, 6.45) is -0.933. The van der Waals surface area contributed by atoms with Crippen molar-refractivity contribution in [2.75, 3.05) is 19.8 Å². The van der Waals surface area contributed by atoms with Crippen molar-refractivity contribution in [1.82, 2.24) is 0 Å². The molecule has 0 saturated heterocycles. The molecule has 0 aliphatic heterocycles. The summed E-state index contributed by atoms with van der Waals surface area (Å²) in [5.74, 6) is 0. The lowest BCUT2D eigenvalue weighted by Gasteiger charge is -2.36. The smallest absolute Gasteiger partial charge is 0.257 e. The fourth-order valence-electron chi connectivity index (χ4n) is 1.17. The van der Waals surface area contributed by atoms with Crippen molar-refractivity contribution in [3.63, 3.8) is 0 Å². The number of aliphatic hydroxyl groups excluding tert-OH is 3. The van der Waals surface area contributed by atoms with Crippen molar-refractivity contribution in [2.45, 2.75) is 19.1 Å². The van der Waals surface area contributed by atoms with Crippen molar-refractivity contribution < 1.29 is 27.9 Å². The van der Waals surface area contributed by atoms with Gasteiger partial charge in [-0.05, 0) is 6.92 Å². The molecule has 5 N–H and O–H groups in total. The van der Waals surface area contributed by atoms with Crippen LogP contribution in [-0.4, -0.2) is 55.7 Å². The average Bonchev–Trinajstić information content (AvgIpc) is 2.20. The number of rotatable bonds is 7. The molecule has 0 bridgehead atoms. The highest BCUT2D eigenvalue weighted by molar-refractivity contribution is 7.67. The van der Waals surface area contributed by atoms with Crippen molar-refractivity contribution in [2.24, 2.45) is 11.1 Å². The van der Waals surface area contributed by atoms with E-state index in [-0.39, 0.29) is 0 Å². The molecule has 0 aromatic carbocycles. The van der Waals surface area contributed by atoms with Crippen LogP contribution in [0.2, 0.25) is 0 Å². The Hall–Kier alpha value is -0.250. The first-order chi connectivity index (χ1) is 6.93. The second-order valence-electron chi connectivity index (χ2n) is 3.40. The molecule has 0 rings (SSSR count). The fourth-order valence-corrected chi connectivity index (χ4v) is 1.57. The second-order valence-corrected chi connectivity index (χ2v) is 4.05. The van der Waals surface area contributed by atoms with Gasteiger partial charge in [0.1, 0.15) is 0 Å². The molecule has 0 radical (unpaired) electrons. The third kappa shape index (κ3) is 3.67. The van der Waals surface area contributed by atoms with Crippen LogP contribution in [0.4, 0.5) is 0 Å². The minimum atomic E-state index is -3.06. The van der Waals surface area contributed by atoms with Gasteiger partial charge < -0.3 is 21.1 Å². The summed E-state index contributed by atoms with van der Waals surface area (Å²) < 4.78 is 25.0. The molecule has 0 aliphatic rings. The Bertz CT molecular complexity index is 236. The molecule has 92 valence electrons. The fraction of sp³-hybridized carbons (Fsp3) is 1.00. The van der Waals surface area contributed by atoms with E-state index in [9.17, 15) is 8.42 Å². The van der Waals surface area contributed by atoms with Crippen LogP contribution in [0.5, 0.6) is 0 Å². The summed E-state index contributed by atoms with van der Waals surface area (Å²) in [5.41, 5.74) is 4.25. The first-order valence-corrected chi connectivity index (χ1v) is 5.42. The quantitative estimate of drug-likeness (QED) is 0.305. The molecular weight excluding hydrogens is 226 g/mol. The van der Waals surface area contributed by atoms with Gasteiger partial charge >= 0.3 is 0 Å². The first kappa shape index (κ1) is 14.8. The van der Waals surface area contributed by atoms with Gasteiger partial charge in [-0.1, -0.05) is 0 Å². The van der Waals surface area contributed by atoms with E-state index in [1.807, 2.05) is 0 Å². The van der Waals surface area contributed by atoms with Gasteiger partial charge in [-0.3, -0.25) is 4.18 Å². The number of hydrogen-bond donors (Lipinski definition) is 5. The Morgan fingerprint density at radius 3 is 1.93 bits per heavy atom. The van der Waals surface area contributed by atoms with Crippen LogP contribution in [0.3, 0.4) is 0 Å². The maximum atomic E-state index is 10.3. The van der Waals surface area contributed by atoms with Crippen LogP contribution in [-0.2, 0) is 15.2 Å². The molecule has 0 saturated carbocycles. The number of hydrogen-bond acceptors (Lipinski definition) is 7. The van der Waals surface area contributed by atoms with Crippen LogP contribution in [0.1, 0.15) is 6.92 Å². The summed E-state index contributed by atoms with van der Waals surface area (Å²) in [6.45, 7) is -0.314. The summed E-state index contributed by atoms with van der Waals surface area (Å²) in [7, 11) is -3.06. The normalized spacial score (nSPS) is 16.7. The van der Waals surface area contributed by atoms with Crippen LogP contribution in [0.25, 0.3) is 0 Å². The second kappa shape index (κ2) is 6.36. The maximum absolute atomic E-state index is 10.3. The van der Waals surface area contributed by atoms with E-state index >= 15 is 0 Å². The highest BCUT2D eigenvalue weighted by Crippen LogP contribution is 2.22. The molecule has 2 unspecified atom stereocenters. The molecule has 8 heteroatoms. The predicted molar refractivity (Wildman–Crippen MR) is 52.5 cm³/mol. The van der Waals surface area contributed by atoms with E-state index in [4.69, 9.17) is 21.1 Å². The van der Waals surface area contributed by atoms with Crippen LogP contribution in [0.15, 0.2) is 0 Å². The SMILES string of the molecule is CC(O[SH](=O)=O)C(N)C(CO)(CO)CO. The Labute approximate surface area is 89.6 Å².